The number of esters is 1. The molecule has 0 fully saturated rings. The minimum atomic E-state index is -0.988. The highest BCUT2D eigenvalue weighted by Crippen LogP contribution is 2.24. The Balaban J connectivity index is 3.13. The van der Waals surface area contributed by atoms with Crippen LogP contribution in [0.2, 0.25) is 0 Å². The number of nitro benzene ring substituents is 1. The van der Waals surface area contributed by atoms with Crippen molar-refractivity contribution in [3.05, 3.63) is 39.2 Å². The summed E-state index contributed by atoms with van der Waals surface area (Å²) >= 11 is 3.14. The summed E-state index contributed by atoms with van der Waals surface area (Å²) in [6.45, 7) is 1.81. The number of ether oxygens (including phenoxy) is 1. The predicted molar refractivity (Wildman–Crippen MR) is 66.0 cm³/mol. The van der Waals surface area contributed by atoms with E-state index in [-0.39, 0.29) is 18.6 Å². The number of hydrogen-bond donors (Lipinski definition) is 0. The molecule has 0 aromatic heterocycles. The number of nitrogens with zero attached hydrogens (tertiary/aromatic N) is 1. The van der Waals surface area contributed by atoms with Gasteiger partial charge in [-0.05, 0) is 12.5 Å². The average Bonchev–Trinajstić information content (AvgIpc) is 2.31. The average molecular weight is 320 g/mol. The number of rotatable bonds is 5. The molecule has 18 heavy (non-hydrogen) atoms. The van der Waals surface area contributed by atoms with E-state index in [1.165, 1.54) is 6.07 Å². The molecule has 0 saturated heterocycles. The van der Waals surface area contributed by atoms with Gasteiger partial charge in [-0.15, -0.1) is 0 Å². The number of hydrogen-bond acceptors (Lipinski definition) is 4. The Labute approximate surface area is 111 Å². The maximum Gasteiger partial charge on any atom is 0.310 e. The Morgan fingerprint density at radius 3 is 2.72 bits per heavy atom. The molecule has 0 spiro atoms. The molecule has 0 heterocycles. The van der Waals surface area contributed by atoms with Crippen molar-refractivity contribution < 1.29 is 18.8 Å². The summed E-state index contributed by atoms with van der Waals surface area (Å²) < 4.78 is 18.5. The van der Waals surface area contributed by atoms with Crippen LogP contribution in [0, 0.1) is 15.9 Å². The number of halogens is 2. The third-order valence-corrected chi connectivity index (χ3v) is 2.83. The molecular weight excluding hydrogens is 309 g/mol. The highest BCUT2D eigenvalue weighted by Gasteiger charge is 2.21. The molecule has 0 aliphatic carbocycles. The van der Waals surface area contributed by atoms with Gasteiger partial charge in [-0.1, -0.05) is 22.0 Å². The van der Waals surface area contributed by atoms with Crippen molar-refractivity contribution in [2.75, 3.05) is 6.61 Å². The number of carbonyl (C=O) groups is 1. The largest absolute Gasteiger partial charge is 0.466 e. The highest BCUT2D eigenvalue weighted by molar-refractivity contribution is 9.08. The summed E-state index contributed by atoms with van der Waals surface area (Å²) in [4.78, 5) is 21.2. The standard InChI is InChI=1S/C11H11BrFNO4/c1-2-18-10(15)5-8-3-7(6-12)4-9(11(8)13)14(16)17/h3-4H,2,5-6H2,1H3. The number of benzene rings is 1. The molecular formula is C11H11BrFNO4. The minimum absolute atomic E-state index is 0.0305. The molecule has 98 valence electrons. The lowest BCUT2D eigenvalue weighted by atomic mass is 10.1. The Kier molecular flexibility index (Phi) is 5.21. The fourth-order valence-electron chi connectivity index (χ4n) is 1.44. The zero-order valence-electron chi connectivity index (χ0n) is 9.61. The van der Waals surface area contributed by atoms with E-state index in [0.29, 0.717) is 10.9 Å². The van der Waals surface area contributed by atoms with Gasteiger partial charge >= 0.3 is 11.7 Å². The molecule has 0 bridgehead atoms. The summed E-state index contributed by atoms with van der Waals surface area (Å²) in [5, 5.41) is 11.0. The second-order valence-electron chi connectivity index (χ2n) is 3.46. The molecule has 1 aromatic rings. The third kappa shape index (κ3) is 3.49. The molecule has 0 unspecified atom stereocenters. The minimum Gasteiger partial charge on any atom is -0.466 e. The summed E-state index contributed by atoms with van der Waals surface area (Å²) in [7, 11) is 0. The van der Waals surface area contributed by atoms with E-state index < -0.39 is 22.4 Å². The van der Waals surface area contributed by atoms with Crippen LogP contribution in [0.1, 0.15) is 18.1 Å². The van der Waals surface area contributed by atoms with E-state index in [1.807, 2.05) is 0 Å². The molecule has 0 saturated carbocycles. The first-order valence-electron chi connectivity index (χ1n) is 5.16. The highest BCUT2D eigenvalue weighted by atomic mass is 79.9. The molecule has 0 amide bonds. The smallest absolute Gasteiger partial charge is 0.310 e. The summed E-state index contributed by atoms with van der Waals surface area (Å²) in [5.41, 5.74) is -0.134. The summed E-state index contributed by atoms with van der Waals surface area (Å²) in [5.74, 6) is -1.60. The van der Waals surface area contributed by atoms with Gasteiger partial charge in [-0.2, -0.15) is 4.39 Å². The quantitative estimate of drug-likeness (QED) is 0.362. The Morgan fingerprint density at radius 2 is 2.22 bits per heavy atom. The normalized spacial score (nSPS) is 10.2. The molecule has 7 heteroatoms. The van der Waals surface area contributed by atoms with Gasteiger partial charge in [0.05, 0.1) is 18.0 Å². The van der Waals surface area contributed by atoms with Crippen molar-refractivity contribution in [1.82, 2.24) is 0 Å². The van der Waals surface area contributed by atoms with Crippen LogP contribution >= 0.6 is 15.9 Å². The Bertz CT molecular complexity index is 478. The number of carbonyl (C=O) groups excluding carboxylic acids is 1. The lowest BCUT2D eigenvalue weighted by Crippen LogP contribution is -2.10. The first-order valence-corrected chi connectivity index (χ1v) is 6.29. The molecule has 0 aliphatic rings. The van der Waals surface area contributed by atoms with E-state index >= 15 is 0 Å². The van der Waals surface area contributed by atoms with Crippen LogP contribution in [-0.2, 0) is 21.3 Å². The van der Waals surface area contributed by atoms with Crippen molar-refractivity contribution in [3.63, 3.8) is 0 Å². The van der Waals surface area contributed by atoms with Crippen LogP contribution in [0.25, 0.3) is 0 Å². The van der Waals surface area contributed by atoms with Gasteiger partial charge in [-0.3, -0.25) is 14.9 Å². The molecule has 0 atom stereocenters. The van der Waals surface area contributed by atoms with E-state index in [1.54, 1.807) is 6.92 Å². The number of alkyl halides is 1. The lowest BCUT2D eigenvalue weighted by molar-refractivity contribution is -0.387. The van der Waals surface area contributed by atoms with Crippen LogP contribution in [-0.4, -0.2) is 17.5 Å². The summed E-state index contributed by atoms with van der Waals surface area (Å²) in [6.07, 6.45) is -0.318. The molecule has 0 N–H and O–H groups in total. The fraction of sp³-hybridized carbons (Fsp3) is 0.364. The summed E-state index contributed by atoms with van der Waals surface area (Å²) in [6, 6.07) is 2.55. The van der Waals surface area contributed by atoms with Gasteiger partial charge in [0.15, 0.2) is 0 Å². The van der Waals surface area contributed by atoms with Crippen molar-refractivity contribution in [2.45, 2.75) is 18.7 Å². The van der Waals surface area contributed by atoms with Gasteiger partial charge in [0, 0.05) is 17.0 Å². The van der Waals surface area contributed by atoms with Crippen LogP contribution in [0.4, 0.5) is 10.1 Å². The van der Waals surface area contributed by atoms with Gasteiger partial charge < -0.3 is 4.74 Å². The van der Waals surface area contributed by atoms with Gasteiger partial charge in [0.1, 0.15) is 0 Å². The van der Waals surface area contributed by atoms with Crippen molar-refractivity contribution in [2.24, 2.45) is 0 Å². The zero-order chi connectivity index (χ0) is 13.7. The van der Waals surface area contributed by atoms with E-state index in [2.05, 4.69) is 20.7 Å². The topological polar surface area (TPSA) is 69.4 Å². The fourth-order valence-corrected chi connectivity index (χ4v) is 1.76. The van der Waals surface area contributed by atoms with Crippen LogP contribution in [0.5, 0.6) is 0 Å². The SMILES string of the molecule is CCOC(=O)Cc1cc(CBr)cc([N+](=O)[O-])c1F. The van der Waals surface area contributed by atoms with Gasteiger partial charge in [-0.25, -0.2) is 0 Å². The monoisotopic (exact) mass is 319 g/mol. The van der Waals surface area contributed by atoms with E-state index in [9.17, 15) is 19.3 Å². The van der Waals surface area contributed by atoms with Crippen LogP contribution < -0.4 is 0 Å². The second kappa shape index (κ2) is 6.44. The molecule has 1 rings (SSSR count). The van der Waals surface area contributed by atoms with Crippen LogP contribution in [0.15, 0.2) is 12.1 Å². The van der Waals surface area contributed by atoms with Gasteiger partial charge in [0.2, 0.25) is 5.82 Å². The Hall–Kier alpha value is -1.50. The van der Waals surface area contributed by atoms with E-state index in [0.717, 1.165) is 6.07 Å². The van der Waals surface area contributed by atoms with Crippen molar-refractivity contribution >= 4 is 27.6 Å². The lowest BCUT2D eigenvalue weighted by Gasteiger charge is -2.06. The maximum atomic E-state index is 13.8. The first-order chi connectivity index (χ1) is 8.49. The van der Waals surface area contributed by atoms with Crippen molar-refractivity contribution in [3.8, 4) is 0 Å². The first kappa shape index (κ1) is 14.6. The molecule has 5 nitrogen and oxygen atoms in total. The molecule has 0 aliphatic heterocycles. The molecule has 0 radical (unpaired) electrons. The molecule has 1 aromatic carbocycles. The number of nitro groups is 1. The Morgan fingerprint density at radius 1 is 1.56 bits per heavy atom. The van der Waals surface area contributed by atoms with Crippen LogP contribution in [0.3, 0.4) is 0 Å². The van der Waals surface area contributed by atoms with E-state index in [4.69, 9.17) is 0 Å². The maximum absolute atomic E-state index is 13.8. The third-order valence-electron chi connectivity index (χ3n) is 2.18. The van der Waals surface area contributed by atoms with Gasteiger partial charge in [0.25, 0.3) is 0 Å². The van der Waals surface area contributed by atoms with Crippen molar-refractivity contribution in [1.29, 1.82) is 0 Å². The predicted octanol–water partition coefficient (Wildman–Crippen LogP) is 2.73. The second-order valence-corrected chi connectivity index (χ2v) is 4.02. The zero-order valence-corrected chi connectivity index (χ0v) is 11.2.